The van der Waals surface area contributed by atoms with Crippen molar-refractivity contribution in [1.82, 2.24) is 4.72 Å². The van der Waals surface area contributed by atoms with Crippen LogP contribution in [-0.4, -0.2) is 22.7 Å². The molecule has 0 fully saturated rings. The highest BCUT2D eigenvalue weighted by Crippen LogP contribution is 2.21. The molecular weight excluding hydrogens is 543 g/mol. The number of primary sulfonamides is 1. The summed E-state index contributed by atoms with van der Waals surface area (Å²) in [6.07, 6.45) is 0. The Morgan fingerprint density at radius 3 is 1.69 bits per heavy atom. The number of nitrogens with one attached hydrogen (secondary N) is 1. The fraction of sp³-hybridized carbons (Fsp3) is 0.0800. The molecule has 0 aromatic heterocycles. The number of amides is 1. The summed E-state index contributed by atoms with van der Waals surface area (Å²) in [4.78, 5) is 12.1. The second kappa shape index (κ2) is 12.8. The normalized spacial score (nSPS) is 12.4. The maximum Gasteiger partial charge on any atom is 0.266 e. The Morgan fingerprint density at radius 1 is 0.778 bits per heavy atom. The topological polar surface area (TPSA) is 123 Å². The minimum Gasteiger partial charge on any atom is -0.268 e. The van der Waals surface area contributed by atoms with Gasteiger partial charge in [0.05, 0.1) is 16.0 Å². The van der Waals surface area contributed by atoms with E-state index >= 15 is 0 Å². The van der Waals surface area contributed by atoms with Crippen LogP contribution in [0.15, 0.2) is 89.7 Å². The summed E-state index contributed by atoms with van der Waals surface area (Å²) in [6, 6.07) is 22.4. The van der Waals surface area contributed by atoms with Crippen molar-refractivity contribution in [2.75, 3.05) is 0 Å². The second-order valence-electron chi connectivity index (χ2n) is 7.52. The van der Waals surface area contributed by atoms with Gasteiger partial charge in [-0.15, -0.1) is 0 Å². The van der Waals surface area contributed by atoms with E-state index in [0.29, 0.717) is 16.2 Å². The number of halogens is 2. The van der Waals surface area contributed by atoms with E-state index in [1.807, 2.05) is 41.1 Å². The number of nitrogens with two attached hydrogens (primary N) is 1. The zero-order valence-electron chi connectivity index (χ0n) is 19.4. The van der Waals surface area contributed by atoms with Gasteiger partial charge in [0.2, 0.25) is 10.0 Å². The van der Waals surface area contributed by atoms with E-state index in [9.17, 15) is 21.6 Å². The Bertz CT molecular complexity index is 1490. The number of carbonyl (C=O) groups excluding carboxylic acids is 1. The maximum absolute atomic E-state index is 12.1. The van der Waals surface area contributed by atoms with Crippen LogP contribution in [0, 0.1) is 0 Å². The number of carbonyl (C=O) groups is 1. The second-order valence-corrected chi connectivity index (χ2v) is 11.3. The fourth-order valence-corrected chi connectivity index (χ4v) is 5.06. The Balaban J connectivity index is 0.000000297. The number of sulfonamides is 2. The van der Waals surface area contributed by atoms with Crippen LogP contribution in [0.4, 0.5) is 0 Å². The molecule has 3 N–H and O–H groups in total. The number of hydrogen-bond donors (Lipinski definition) is 2. The Kier molecular flexibility index (Phi) is 10.4. The van der Waals surface area contributed by atoms with Crippen molar-refractivity contribution in [3.63, 3.8) is 0 Å². The lowest BCUT2D eigenvalue weighted by atomic mass is 10.1. The summed E-state index contributed by atoms with van der Waals surface area (Å²) in [5, 5.41) is 7.36. The van der Waals surface area contributed by atoms with Gasteiger partial charge in [-0.2, -0.15) is 0 Å². The van der Waals surface area contributed by atoms with E-state index < -0.39 is 26.0 Å². The first kappa shape index (κ1) is 29.3. The molecular formula is C25H24Cl2N2O5S2. The Morgan fingerprint density at radius 2 is 1.25 bits per heavy atom. The van der Waals surface area contributed by atoms with E-state index in [4.69, 9.17) is 28.3 Å². The molecule has 0 unspecified atom stereocenters. The van der Waals surface area contributed by atoms with Crippen LogP contribution >= 0.6 is 23.2 Å². The average molecular weight is 568 g/mol. The minimum absolute atomic E-state index is 0.0328. The summed E-state index contributed by atoms with van der Waals surface area (Å²) >= 11 is 11.6. The molecule has 0 saturated carbocycles. The molecule has 11 heteroatoms. The summed E-state index contributed by atoms with van der Waals surface area (Å²) in [5.74, 6) is -0.816. The van der Waals surface area contributed by atoms with Crippen LogP contribution in [-0.2, 0) is 20.0 Å². The zero-order chi connectivity index (χ0) is 26.9. The van der Waals surface area contributed by atoms with Gasteiger partial charge in [-0.3, -0.25) is 4.79 Å². The van der Waals surface area contributed by atoms with E-state index in [1.165, 1.54) is 18.2 Å². The van der Waals surface area contributed by atoms with Gasteiger partial charge in [-0.25, -0.2) is 26.7 Å². The van der Waals surface area contributed by atoms with Gasteiger partial charge < -0.3 is 0 Å². The lowest BCUT2D eigenvalue weighted by molar-refractivity contribution is 0.0982. The molecule has 0 bridgehead atoms. The largest absolute Gasteiger partial charge is 0.268 e. The van der Waals surface area contributed by atoms with Gasteiger partial charge in [-0.1, -0.05) is 83.9 Å². The van der Waals surface area contributed by atoms with E-state index in [1.54, 1.807) is 38.1 Å². The number of benzene rings is 3. The molecule has 0 radical (unpaired) electrons. The molecule has 0 aliphatic carbocycles. The van der Waals surface area contributed by atoms with Crippen LogP contribution in [0.25, 0.3) is 11.1 Å². The van der Waals surface area contributed by atoms with Gasteiger partial charge in [0.1, 0.15) is 0 Å². The molecule has 0 aliphatic heterocycles. The highest BCUT2D eigenvalue weighted by molar-refractivity contribution is 7.93. The Labute approximate surface area is 221 Å². The van der Waals surface area contributed by atoms with E-state index in [2.05, 4.69) is 0 Å². The van der Waals surface area contributed by atoms with E-state index in [0.717, 1.165) is 21.9 Å². The summed E-state index contributed by atoms with van der Waals surface area (Å²) in [7, 11) is -7.49. The van der Waals surface area contributed by atoms with Gasteiger partial charge in [0.25, 0.3) is 15.9 Å². The highest BCUT2D eigenvalue weighted by Gasteiger charge is 2.17. The molecule has 0 saturated heterocycles. The molecule has 1 amide bonds. The third-order valence-corrected chi connectivity index (χ3v) is 6.91. The smallest absolute Gasteiger partial charge is 0.266 e. The van der Waals surface area contributed by atoms with Crippen LogP contribution in [0.1, 0.15) is 35.3 Å². The summed E-state index contributed by atoms with van der Waals surface area (Å²) in [5.41, 5.74) is 2.79. The van der Waals surface area contributed by atoms with Crippen molar-refractivity contribution >= 4 is 60.3 Å². The van der Waals surface area contributed by atoms with Crippen molar-refractivity contribution in [2.45, 2.75) is 13.8 Å². The van der Waals surface area contributed by atoms with Crippen LogP contribution in [0.2, 0.25) is 10.0 Å². The van der Waals surface area contributed by atoms with Crippen LogP contribution < -0.4 is 9.86 Å². The quantitative estimate of drug-likeness (QED) is 0.410. The van der Waals surface area contributed by atoms with Crippen LogP contribution in [0.5, 0.6) is 0 Å². The number of hydrogen-bond acceptors (Lipinski definition) is 5. The predicted octanol–water partition coefficient (Wildman–Crippen LogP) is 5.45. The van der Waals surface area contributed by atoms with Gasteiger partial charge in [0, 0.05) is 10.4 Å². The first-order valence-corrected chi connectivity index (χ1v) is 14.2. The molecule has 3 aromatic rings. The van der Waals surface area contributed by atoms with Crippen molar-refractivity contribution in [3.05, 3.63) is 116 Å². The molecule has 0 spiro atoms. The fourth-order valence-electron chi connectivity index (χ4n) is 2.90. The van der Waals surface area contributed by atoms with E-state index in [-0.39, 0.29) is 10.6 Å². The zero-order valence-corrected chi connectivity index (χ0v) is 22.5. The summed E-state index contributed by atoms with van der Waals surface area (Å²) in [6.45, 7) is 3.36. The van der Waals surface area contributed by atoms with Crippen molar-refractivity contribution in [3.8, 4) is 0 Å². The lowest BCUT2D eigenvalue weighted by Crippen LogP contribution is -2.29. The number of allylic oxidation sites excluding steroid dienone is 2. The molecule has 7 nitrogen and oxygen atoms in total. The monoisotopic (exact) mass is 566 g/mol. The molecule has 3 aromatic carbocycles. The lowest BCUT2D eigenvalue weighted by Gasteiger charge is -2.07. The third kappa shape index (κ3) is 9.96. The van der Waals surface area contributed by atoms with Gasteiger partial charge in [-0.05, 0) is 54.3 Å². The standard InChI is InChI=1S/C16H13Cl2NO3S.C9H11NO2S/c1-11(12-5-3-2-4-6-12)10-23(21,22)19-16(20)14-8-7-13(17)9-15(14)18;1-8(7-13(10,11)12)9-5-3-2-4-6-9/h2-10H,1H3,(H,19,20);2-7H,1H3,(H2,10,11,12)/b;8-7+. The first-order chi connectivity index (χ1) is 16.8. The third-order valence-electron chi connectivity index (χ3n) is 4.54. The molecule has 0 aliphatic rings. The van der Waals surface area contributed by atoms with Crippen molar-refractivity contribution in [2.24, 2.45) is 5.14 Å². The van der Waals surface area contributed by atoms with Crippen molar-refractivity contribution in [1.29, 1.82) is 0 Å². The van der Waals surface area contributed by atoms with Crippen molar-refractivity contribution < 1.29 is 21.6 Å². The number of rotatable bonds is 6. The van der Waals surface area contributed by atoms with Gasteiger partial charge in [0.15, 0.2) is 0 Å². The Hall–Kier alpha value is -2.95. The molecule has 3 rings (SSSR count). The average Bonchev–Trinajstić information content (AvgIpc) is 2.79. The molecule has 0 atom stereocenters. The van der Waals surface area contributed by atoms with Crippen LogP contribution in [0.3, 0.4) is 0 Å². The minimum atomic E-state index is -3.96. The first-order valence-electron chi connectivity index (χ1n) is 10.3. The SMILES string of the molecule is C/C(=C\S(N)(=O)=O)c1ccccc1.CC(=CS(=O)(=O)NC(=O)c1ccc(Cl)cc1Cl)c1ccccc1. The maximum atomic E-state index is 12.1. The molecule has 0 heterocycles. The molecule has 190 valence electrons. The highest BCUT2D eigenvalue weighted by atomic mass is 35.5. The molecule has 36 heavy (non-hydrogen) atoms. The van der Waals surface area contributed by atoms with Gasteiger partial charge >= 0.3 is 0 Å². The summed E-state index contributed by atoms with van der Waals surface area (Å²) < 4.78 is 47.6. The predicted molar refractivity (Wildman–Crippen MR) is 146 cm³/mol.